The Hall–Kier alpha value is -1.55. The van der Waals surface area contributed by atoms with E-state index in [0.29, 0.717) is 10.7 Å². The quantitative estimate of drug-likeness (QED) is 0.825. The predicted octanol–water partition coefficient (Wildman–Crippen LogP) is 4.32. The molecule has 1 aliphatic heterocycles. The molecule has 0 aromatic heterocycles. The second kappa shape index (κ2) is 7.56. The van der Waals surface area contributed by atoms with Gasteiger partial charge in [-0.05, 0) is 57.7 Å². The Bertz CT molecular complexity index is 609. The summed E-state index contributed by atoms with van der Waals surface area (Å²) in [5.41, 5.74) is 1.40. The number of aryl methyl sites for hydroxylation is 2. The van der Waals surface area contributed by atoms with Crippen LogP contribution in [0.2, 0.25) is 5.02 Å². The van der Waals surface area contributed by atoms with Crippen molar-refractivity contribution in [2.24, 2.45) is 5.41 Å². The number of benzene rings is 1. The fourth-order valence-corrected chi connectivity index (χ4v) is 3.48. The van der Waals surface area contributed by atoms with Crippen LogP contribution in [0, 0.1) is 19.3 Å². The van der Waals surface area contributed by atoms with Crippen molar-refractivity contribution < 1.29 is 9.59 Å². The standard InChI is InChI=1S/C19H27ClN2O2/c1-13-11-14(2)16(15(20)12-13)21-17(23)19(3,4)18(24)22-9-7-5-6-8-10-22/h11-12H,5-10H2,1-4H3,(H,21,23). The van der Waals surface area contributed by atoms with Crippen LogP contribution in [0.5, 0.6) is 0 Å². The molecule has 24 heavy (non-hydrogen) atoms. The molecule has 0 spiro atoms. The van der Waals surface area contributed by atoms with Crippen molar-refractivity contribution in [3.8, 4) is 0 Å². The predicted molar refractivity (Wildman–Crippen MR) is 98.4 cm³/mol. The van der Waals surface area contributed by atoms with Crippen LogP contribution in [-0.2, 0) is 9.59 Å². The molecule has 0 saturated carbocycles. The Morgan fingerprint density at radius 1 is 1.08 bits per heavy atom. The molecule has 1 aromatic carbocycles. The molecule has 1 heterocycles. The van der Waals surface area contributed by atoms with E-state index in [1.807, 2.05) is 30.9 Å². The molecule has 0 unspecified atom stereocenters. The molecule has 0 aliphatic carbocycles. The number of carbonyl (C=O) groups excluding carboxylic acids is 2. The molecule has 0 atom stereocenters. The zero-order chi connectivity index (χ0) is 17.9. The number of hydrogen-bond acceptors (Lipinski definition) is 2. The normalized spacial score (nSPS) is 15.8. The molecule has 2 rings (SSSR count). The number of nitrogens with one attached hydrogen (secondary N) is 1. The molecule has 1 N–H and O–H groups in total. The van der Waals surface area contributed by atoms with Gasteiger partial charge in [-0.2, -0.15) is 0 Å². The molecule has 1 saturated heterocycles. The zero-order valence-electron chi connectivity index (χ0n) is 15.0. The Balaban J connectivity index is 2.16. The van der Waals surface area contributed by atoms with Crippen LogP contribution in [0.1, 0.15) is 50.7 Å². The first kappa shape index (κ1) is 18.8. The van der Waals surface area contributed by atoms with Gasteiger partial charge >= 0.3 is 0 Å². The fourth-order valence-electron chi connectivity index (χ4n) is 3.11. The number of carbonyl (C=O) groups is 2. The lowest BCUT2D eigenvalue weighted by molar-refractivity contribution is -0.146. The SMILES string of the molecule is Cc1cc(C)c(NC(=O)C(C)(C)C(=O)N2CCCCCC2)c(Cl)c1. The van der Waals surface area contributed by atoms with E-state index in [1.54, 1.807) is 13.8 Å². The largest absolute Gasteiger partial charge is 0.342 e. The molecule has 4 nitrogen and oxygen atoms in total. The van der Waals surface area contributed by atoms with Crippen molar-refractivity contribution in [2.45, 2.75) is 53.4 Å². The molecular formula is C19H27ClN2O2. The minimum Gasteiger partial charge on any atom is -0.342 e. The van der Waals surface area contributed by atoms with Crippen LogP contribution in [0.15, 0.2) is 12.1 Å². The minimum atomic E-state index is -1.12. The number of likely N-dealkylation sites (tertiary alicyclic amines) is 1. The molecular weight excluding hydrogens is 324 g/mol. The summed E-state index contributed by atoms with van der Waals surface area (Å²) in [5, 5.41) is 3.36. The Morgan fingerprint density at radius 3 is 2.21 bits per heavy atom. The van der Waals surface area contributed by atoms with Gasteiger partial charge in [0.1, 0.15) is 5.41 Å². The number of rotatable bonds is 3. The van der Waals surface area contributed by atoms with Crippen LogP contribution >= 0.6 is 11.6 Å². The summed E-state index contributed by atoms with van der Waals surface area (Å²) < 4.78 is 0. The highest BCUT2D eigenvalue weighted by Gasteiger charge is 2.39. The first-order chi connectivity index (χ1) is 11.2. The molecule has 1 fully saturated rings. The van der Waals surface area contributed by atoms with Crippen LogP contribution in [0.4, 0.5) is 5.69 Å². The van der Waals surface area contributed by atoms with Gasteiger partial charge in [0.05, 0.1) is 10.7 Å². The smallest absolute Gasteiger partial charge is 0.239 e. The highest BCUT2D eigenvalue weighted by Crippen LogP contribution is 2.30. The number of hydrogen-bond donors (Lipinski definition) is 1. The summed E-state index contributed by atoms with van der Waals surface area (Å²) in [6.07, 6.45) is 4.31. The molecule has 1 aromatic rings. The van der Waals surface area contributed by atoms with Gasteiger partial charge in [0.25, 0.3) is 0 Å². The van der Waals surface area contributed by atoms with Gasteiger partial charge in [0, 0.05) is 13.1 Å². The lowest BCUT2D eigenvalue weighted by Gasteiger charge is -2.30. The van der Waals surface area contributed by atoms with Gasteiger partial charge in [0.15, 0.2) is 0 Å². The van der Waals surface area contributed by atoms with Crippen LogP contribution in [0.3, 0.4) is 0 Å². The van der Waals surface area contributed by atoms with E-state index in [-0.39, 0.29) is 11.8 Å². The molecule has 5 heteroatoms. The maximum atomic E-state index is 12.9. The van der Waals surface area contributed by atoms with Gasteiger partial charge in [0.2, 0.25) is 11.8 Å². The molecule has 2 amide bonds. The van der Waals surface area contributed by atoms with Gasteiger partial charge in [-0.1, -0.05) is 30.5 Å². The molecule has 0 radical (unpaired) electrons. The fraction of sp³-hybridized carbons (Fsp3) is 0.579. The van der Waals surface area contributed by atoms with E-state index >= 15 is 0 Å². The van der Waals surface area contributed by atoms with Crippen molar-refractivity contribution in [3.63, 3.8) is 0 Å². The highest BCUT2D eigenvalue weighted by molar-refractivity contribution is 6.34. The Kier molecular flexibility index (Phi) is 5.92. The van der Waals surface area contributed by atoms with E-state index < -0.39 is 5.41 Å². The number of amides is 2. The zero-order valence-corrected chi connectivity index (χ0v) is 15.8. The molecule has 0 bridgehead atoms. The van der Waals surface area contributed by atoms with Crippen LogP contribution in [-0.4, -0.2) is 29.8 Å². The van der Waals surface area contributed by atoms with Gasteiger partial charge in [-0.25, -0.2) is 0 Å². The Labute approximate surface area is 149 Å². The Morgan fingerprint density at radius 2 is 1.67 bits per heavy atom. The van der Waals surface area contributed by atoms with E-state index in [1.165, 1.54) is 0 Å². The van der Waals surface area contributed by atoms with E-state index in [9.17, 15) is 9.59 Å². The summed E-state index contributed by atoms with van der Waals surface area (Å²) in [6.45, 7) is 8.70. The van der Waals surface area contributed by atoms with Crippen LogP contribution < -0.4 is 5.32 Å². The summed E-state index contributed by atoms with van der Waals surface area (Å²) >= 11 is 6.27. The highest BCUT2D eigenvalue weighted by atomic mass is 35.5. The van der Waals surface area contributed by atoms with E-state index in [0.717, 1.165) is 49.9 Å². The van der Waals surface area contributed by atoms with Crippen molar-refractivity contribution >= 4 is 29.1 Å². The number of nitrogens with zero attached hydrogens (tertiary/aromatic N) is 1. The average molecular weight is 351 g/mol. The first-order valence-corrected chi connectivity index (χ1v) is 8.99. The third kappa shape index (κ3) is 4.10. The maximum Gasteiger partial charge on any atom is 0.239 e. The topological polar surface area (TPSA) is 49.4 Å². The minimum absolute atomic E-state index is 0.109. The third-order valence-electron chi connectivity index (χ3n) is 4.67. The van der Waals surface area contributed by atoms with Crippen LogP contribution in [0.25, 0.3) is 0 Å². The van der Waals surface area contributed by atoms with Gasteiger partial charge in [-0.15, -0.1) is 0 Å². The monoisotopic (exact) mass is 350 g/mol. The van der Waals surface area contributed by atoms with Crippen molar-refractivity contribution in [1.82, 2.24) is 4.90 Å². The average Bonchev–Trinajstić information content (AvgIpc) is 2.78. The first-order valence-electron chi connectivity index (χ1n) is 8.61. The second-order valence-electron chi connectivity index (χ2n) is 7.22. The van der Waals surface area contributed by atoms with E-state index in [2.05, 4.69) is 5.32 Å². The summed E-state index contributed by atoms with van der Waals surface area (Å²) in [6, 6.07) is 3.78. The molecule has 132 valence electrons. The number of anilines is 1. The maximum absolute atomic E-state index is 12.9. The van der Waals surface area contributed by atoms with Gasteiger partial charge < -0.3 is 10.2 Å². The van der Waals surface area contributed by atoms with Gasteiger partial charge in [-0.3, -0.25) is 9.59 Å². The summed E-state index contributed by atoms with van der Waals surface area (Å²) in [4.78, 5) is 27.5. The lowest BCUT2D eigenvalue weighted by Crippen LogP contribution is -2.47. The lowest BCUT2D eigenvalue weighted by atomic mass is 9.89. The van der Waals surface area contributed by atoms with Crippen molar-refractivity contribution in [3.05, 3.63) is 28.3 Å². The summed E-state index contributed by atoms with van der Waals surface area (Å²) in [7, 11) is 0. The molecule has 1 aliphatic rings. The van der Waals surface area contributed by atoms with Crippen molar-refractivity contribution in [1.29, 1.82) is 0 Å². The van der Waals surface area contributed by atoms with Crippen molar-refractivity contribution in [2.75, 3.05) is 18.4 Å². The second-order valence-corrected chi connectivity index (χ2v) is 7.63. The third-order valence-corrected chi connectivity index (χ3v) is 4.96. The number of halogens is 1. The van der Waals surface area contributed by atoms with E-state index in [4.69, 9.17) is 11.6 Å². The summed E-state index contributed by atoms with van der Waals surface area (Å²) in [5.74, 6) is -0.423.